The number of hydrogen-bond acceptors (Lipinski definition) is 5. The van der Waals surface area contributed by atoms with Gasteiger partial charge in [0.25, 0.3) is 5.69 Å². The van der Waals surface area contributed by atoms with Gasteiger partial charge in [-0.1, -0.05) is 18.2 Å². The third-order valence-electron chi connectivity index (χ3n) is 4.63. The molecule has 0 unspecified atom stereocenters. The Morgan fingerprint density at radius 2 is 2.16 bits per heavy atom. The molecule has 0 N–H and O–H groups in total. The number of carbonyl (C=O) groups excluding carboxylic acids is 1. The van der Waals surface area contributed by atoms with Crippen LogP contribution < -0.4 is 4.90 Å². The van der Waals surface area contributed by atoms with E-state index < -0.39 is 0 Å². The summed E-state index contributed by atoms with van der Waals surface area (Å²) >= 11 is 0. The van der Waals surface area contributed by atoms with Crippen LogP contribution in [-0.4, -0.2) is 51.7 Å². The zero-order valence-corrected chi connectivity index (χ0v) is 14.3. The van der Waals surface area contributed by atoms with E-state index in [0.29, 0.717) is 25.1 Å². The standard InChI is InChI=1S/C17H21N5O3/c1-19(9-7-13-5-3-4-6-15(13)22(24)25)16-8-10-21(17(16)23)14-11-18-20(2)12-14/h3-6,11-12,16H,7-10H2,1-2H3/t16-/m0/s1. The number of aryl methyl sites for hydroxylation is 1. The molecule has 8 nitrogen and oxygen atoms in total. The minimum absolute atomic E-state index is 0.0538. The van der Waals surface area contributed by atoms with E-state index in [2.05, 4.69) is 5.10 Å². The number of nitrogens with zero attached hydrogens (tertiary/aromatic N) is 5. The fourth-order valence-corrected chi connectivity index (χ4v) is 3.23. The highest BCUT2D eigenvalue weighted by molar-refractivity contribution is 5.99. The summed E-state index contributed by atoms with van der Waals surface area (Å²) in [5.41, 5.74) is 1.63. The molecule has 1 aliphatic rings. The van der Waals surface area contributed by atoms with Crippen LogP contribution in [0.3, 0.4) is 0 Å². The van der Waals surface area contributed by atoms with Crippen LogP contribution in [0.25, 0.3) is 0 Å². The molecule has 0 saturated carbocycles. The number of rotatable bonds is 6. The molecule has 2 heterocycles. The second-order valence-electron chi connectivity index (χ2n) is 6.28. The summed E-state index contributed by atoms with van der Waals surface area (Å²) in [4.78, 5) is 27.2. The number of carbonyl (C=O) groups is 1. The summed E-state index contributed by atoms with van der Waals surface area (Å²) in [6.45, 7) is 1.24. The lowest BCUT2D eigenvalue weighted by Crippen LogP contribution is -2.40. The first-order chi connectivity index (χ1) is 12.0. The van der Waals surface area contributed by atoms with Crippen molar-refractivity contribution in [3.63, 3.8) is 0 Å². The van der Waals surface area contributed by atoms with Crippen LogP contribution in [0.5, 0.6) is 0 Å². The summed E-state index contributed by atoms with van der Waals surface area (Å²) in [5, 5.41) is 15.2. The van der Waals surface area contributed by atoms with Gasteiger partial charge in [-0.15, -0.1) is 0 Å². The van der Waals surface area contributed by atoms with Crippen molar-refractivity contribution < 1.29 is 9.72 Å². The second kappa shape index (κ2) is 7.02. The van der Waals surface area contributed by atoms with Crippen LogP contribution in [0.1, 0.15) is 12.0 Å². The van der Waals surface area contributed by atoms with Crippen LogP contribution in [0.2, 0.25) is 0 Å². The SMILES string of the molecule is CN(CCc1ccccc1[N+](=O)[O-])[C@H]1CCN(c2cnn(C)c2)C1=O. The minimum atomic E-state index is -0.361. The summed E-state index contributed by atoms with van der Waals surface area (Å²) in [7, 11) is 3.71. The van der Waals surface area contributed by atoms with Gasteiger partial charge in [0.05, 0.1) is 22.8 Å². The first-order valence-corrected chi connectivity index (χ1v) is 8.20. The maximum atomic E-state index is 12.7. The molecule has 1 aromatic carbocycles. The smallest absolute Gasteiger partial charge is 0.272 e. The van der Waals surface area contributed by atoms with Crippen molar-refractivity contribution in [1.82, 2.24) is 14.7 Å². The fourth-order valence-electron chi connectivity index (χ4n) is 3.23. The van der Waals surface area contributed by atoms with Gasteiger partial charge in [-0.2, -0.15) is 5.10 Å². The molecule has 1 saturated heterocycles. The lowest BCUT2D eigenvalue weighted by atomic mass is 10.1. The van der Waals surface area contributed by atoms with E-state index >= 15 is 0 Å². The molecule has 0 aliphatic carbocycles. The van der Waals surface area contributed by atoms with Gasteiger partial charge >= 0.3 is 0 Å². The number of amides is 1. The number of anilines is 1. The molecule has 2 aromatic rings. The Hall–Kier alpha value is -2.74. The monoisotopic (exact) mass is 343 g/mol. The minimum Gasteiger partial charge on any atom is -0.308 e. The Morgan fingerprint density at radius 1 is 1.40 bits per heavy atom. The number of para-hydroxylation sites is 1. The largest absolute Gasteiger partial charge is 0.308 e. The van der Waals surface area contributed by atoms with Gasteiger partial charge in [0.15, 0.2) is 0 Å². The molecular formula is C17H21N5O3. The maximum absolute atomic E-state index is 12.7. The zero-order chi connectivity index (χ0) is 18.0. The number of benzene rings is 1. The van der Waals surface area contributed by atoms with Gasteiger partial charge in [0.2, 0.25) is 5.91 Å². The molecule has 0 radical (unpaired) electrons. The van der Waals surface area contributed by atoms with E-state index in [0.717, 1.165) is 12.1 Å². The lowest BCUT2D eigenvalue weighted by molar-refractivity contribution is -0.385. The van der Waals surface area contributed by atoms with Crippen molar-refractivity contribution in [2.24, 2.45) is 7.05 Å². The molecule has 0 spiro atoms. The Bertz CT molecular complexity index is 788. The van der Waals surface area contributed by atoms with E-state index in [1.807, 2.05) is 25.2 Å². The quantitative estimate of drug-likeness (QED) is 0.588. The number of hydrogen-bond donors (Lipinski definition) is 0. The van der Waals surface area contributed by atoms with Crippen molar-refractivity contribution in [2.75, 3.05) is 25.0 Å². The van der Waals surface area contributed by atoms with E-state index in [1.165, 1.54) is 6.07 Å². The predicted molar refractivity (Wildman–Crippen MR) is 93.4 cm³/mol. The van der Waals surface area contributed by atoms with Crippen molar-refractivity contribution in [1.29, 1.82) is 0 Å². The molecular weight excluding hydrogens is 322 g/mol. The average molecular weight is 343 g/mol. The normalized spacial score (nSPS) is 17.5. The van der Waals surface area contributed by atoms with Crippen molar-refractivity contribution in [2.45, 2.75) is 18.9 Å². The second-order valence-corrected chi connectivity index (χ2v) is 6.28. The highest BCUT2D eigenvalue weighted by Crippen LogP contribution is 2.24. The average Bonchev–Trinajstić information content (AvgIpc) is 3.18. The van der Waals surface area contributed by atoms with Crippen LogP contribution in [0.4, 0.5) is 11.4 Å². The lowest BCUT2D eigenvalue weighted by Gasteiger charge is -2.23. The third kappa shape index (κ3) is 3.53. The van der Waals surface area contributed by atoms with E-state index in [9.17, 15) is 14.9 Å². The Labute approximate surface area is 145 Å². The van der Waals surface area contributed by atoms with E-state index in [1.54, 1.807) is 34.0 Å². The Kier molecular flexibility index (Phi) is 4.80. The predicted octanol–water partition coefficient (Wildman–Crippen LogP) is 1.61. The van der Waals surface area contributed by atoms with Crippen LogP contribution >= 0.6 is 0 Å². The van der Waals surface area contributed by atoms with E-state index in [4.69, 9.17) is 0 Å². The summed E-state index contributed by atoms with van der Waals surface area (Å²) < 4.78 is 1.67. The summed E-state index contributed by atoms with van der Waals surface area (Å²) in [6.07, 6.45) is 4.78. The zero-order valence-electron chi connectivity index (χ0n) is 14.3. The number of aromatic nitrogens is 2. The summed E-state index contributed by atoms with van der Waals surface area (Å²) in [5.74, 6) is 0.0538. The molecule has 8 heteroatoms. The van der Waals surface area contributed by atoms with Crippen molar-refractivity contribution >= 4 is 17.3 Å². The van der Waals surface area contributed by atoms with Crippen LogP contribution in [0, 0.1) is 10.1 Å². The van der Waals surface area contributed by atoms with Gasteiger partial charge in [-0.05, 0) is 19.9 Å². The van der Waals surface area contributed by atoms with Gasteiger partial charge in [0, 0.05) is 38.0 Å². The van der Waals surface area contributed by atoms with Gasteiger partial charge < -0.3 is 4.90 Å². The first kappa shape index (κ1) is 17.1. The number of nitro benzene ring substituents is 1. The third-order valence-corrected chi connectivity index (χ3v) is 4.63. The first-order valence-electron chi connectivity index (χ1n) is 8.20. The van der Waals surface area contributed by atoms with Crippen molar-refractivity contribution in [3.05, 3.63) is 52.3 Å². The highest BCUT2D eigenvalue weighted by Gasteiger charge is 2.35. The summed E-state index contributed by atoms with van der Waals surface area (Å²) in [6, 6.07) is 6.54. The van der Waals surface area contributed by atoms with Crippen molar-refractivity contribution in [3.8, 4) is 0 Å². The molecule has 1 aliphatic heterocycles. The molecule has 1 atom stereocenters. The number of nitro groups is 1. The topological polar surface area (TPSA) is 84.5 Å². The molecule has 132 valence electrons. The maximum Gasteiger partial charge on any atom is 0.272 e. The van der Waals surface area contributed by atoms with Crippen LogP contribution in [-0.2, 0) is 18.3 Å². The Morgan fingerprint density at radius 3 is 2.84 bits per heavy atom. The fraction of sp³-hybridized carbons (Fsp3) is 0.412. The van der Waals surface area contributed by atoms with Crippen LogP contribution in [0.15, 0.2) is 36.7 Å². The molecule has 0 bridgehead atoms. The molecule has 3 rings (SSSR count). The van der Waals surface area contributed by atoms with Gasteiger partial charge in [0.1, 0.15) is 0 Å². The Balaban J connectivity index is 1.64. The van der Waals surface area contributed by atoms with Gasteiger partial charge in [-0.25, -0.2) is 0 Å². The molecule has 1 aromatic heterocycles. The molecule has 1 amide bonds. The van der Waals surface area contributed by atoms with E-state index in [-0.39, 0.29) is 22.6 Å². The molecule has 25 heavy (non-hydrogen) atoms. The van der Waals surface area contributed by atoms with Gasteiger partial charge in [-0.3, -0.25) is 24.5 Å². The number of likely N-dealkylation sites (N-methyl/N-ethyl adjacent to an activating group) is 1. The highest BCUT2D eigenvalue weighted by atomic mass is 16.6. The molecule has 1 fully saturated rings.